The quantitative estimate of drug-likeness (QED) is 0.691. The number of nitrogens with zero attached hydrogens (tertiary/aromatic N) is 1. The second-order valence-corrected chi connectivity index (χ2v) is 5.45. The van der Waals surface area contributed by atoms with Gasteiger partial charge in [-0.15, -0.1) is 0 Å². The first-order valence-electron chi connectivity index (χ1n) is 7.18. The topological polar surface area (TPSA) is 45.8 Å². The molecule has 0 unspecified atom stereocenters. The number of hydrogen-bond donors (Lipinski definition) is 1. The molecule has 3 nitrogen and oxygen atoms in total. The molecule has 0 fully saturated rings. The average molecular weight is 292 g/mol. The van der Waals surface area contributed by atoms with E-state index in [2.05, 4.69) is 9.97 Å². The molecule has 4 heteroatoms. The normalized spacial score (nSPS) is 16.2. The minimum absolute atomic E-state index is 0.0260. The average Bonchev–Trinajstić information content (AvgIpc) is 2.89. The number of carbonyl (C=O) groups is 1. The molecule has 0 saturated heterocycles. The fourth-order valence-corrected chi connectivity index (χ4v) is 3.00. The predicted molar refractivity (Wildman–Crippen MR) is 83.1 cm³/mol. The zero-order chi connectivity index (χ0) is 15.1. The first kappa shape index (κ1) is 13.0. The lowest BCUT2D eigenvalue weighted by Gasteiger charge is -2.14. The summed E-state index contributed by atoms with van der Waals surface area (Å²) in [4.78, 5) is 20.1. The summed E-state index contributed by atoms with van der Waals surface area (Å²) in [6.45, 7) is 0. The second-order valence-electron chi connectivity index (χ2n) is 5.45. The van der Waals surface area contributed by atoms with Gasteiger partial charge in [-0.3, -0.25) is 9.78 Å². The molecule has 0 atom stereocenters. The van der Waals surface area contributed by atoms with E-state index >= 15 is 0 Å². The zero-order valence-electron chi connectivity index (χ0n) is 11.8. The number of hydrogen-bond acceptors (Lipinski definition) is 2. The Balaban J connectivity index is 1.84. The number of H-pyrrole nitrogens is 1. The maximum atomic E-state index is 13.5. The van der Waals surface area contributed by atoms with Crippen LogP contribution in [0.3, 0.4) is 0 Å². The Morgan fingerprint density at radius 2 is 2.14 bits per heavy atom. The standard InChI is InChI=1S/C18H13FN2O/c19-13-4-6-15-14(9-13)17-16(21-15)5-3-12(18(17)22)8-11-2-1-7-20-10-11/h1-2,4,6-10,21H,3,5H2. The monoisotopic (exact) mass is 292 g/mol. The molecular formula is C18H13FN2O. The van der Waals surface area contributed by atoms with Gasteiger partial charge in [0, 0.05) is 34.6 Å². The molecule has 3 aromatic rings. The van der Waals surface area contributed by atoms with Crippen LogP contribution in [0.25, 0.3) is 17.0 Å². The fraction of sp³-hybridized carbons (Fsp3) is 0.111. The number of Topliss-reactive ketones (excluding diaryl/α,β-unsaturated/α-hetero) is 1. The van der Waals surface area contributed by atoms with E-state index in [1.165, 1.54) is 12.1 Å². The van der Waals surface area contributed by atoms with E-state index in [0.717, 1.165) is 28.8 Å². The molecule has 0 aliphatic heterocycles. The van der Waals surface area contributed by atoms with E-state index in [1.54, 1.807) is 18.5 Å². The summed E-state index contributed by atoms with van der Waals surface area (Å²) < 4.78 is 13.5. The van der Waals surface area contributed by atoms with Crippen LogP contribution in [-0.2, 0) is 6.42 Å². The smallest absolute Gasteiger partial charge is 0.191 e. The van der Waals surface area contributed by atoms with E-state index in [-0.39, 0.29) is 11.6 Å². The number of pyridine rings is 1. The van der Waals surface area contributed by atoms with Gasteiger partial charge in [0.25, 0.3) is 0 Å². The molecule has 1 aliphatic carbocycles. The van der Waals surface area contributed by atoms with Gasteiger partial charge in [-0.25, -0.2) is 4.39 Å². The molecule has 1 aliphatic rings. The van der Waals surface area contributed by atoms with Crippen LogP contribution in [0.4, 0.5) is 4.39 Å². The molecule has 0 bridgehead atoms. The molecule has 108 valence electrons. The Kier molecular flexibility index (Phi) is 2.89. The van der Waals surface area contributed by atoms with Gasteiger partial charge in [0.05, 0.1) is 5.56 Å². The van der Waals surface area contributed by atoms with Crippen LogP contribution in [0.15, 0.2) is 48.3 Å². The molecule has 0 radical (unpaired) electrons. The van der Waals surface area contributed by atoms with Crippen LogP contribution in [0.2, 0.25) is 0 Å². The van der Waals surface area contributed by atoms with E-state index < -0.39 is 0 Å². The van der Waals surface area contributed by atoms with Crippen LogP contribution < -0.4 is 0 Å². The summed E-state index contributed by atoms with van der Waals surface area (Å²) in [5.41, 5.74) is 3.96. The minimum Gasteiger partial charge on any atom is -0.358 e. The molecule has 22 heavy (non-hydrogen) atoms. The number of rotatable bonds is 1. The van der Waals surface area contributed by atoms with Crippen molar-refractivity contribution in [2.75, 3.05) is 0 Å². The van der Waals surface area contributed by atoms with Gasteiger partial charge in [-0.05, 0) is 48.7 Å². The van der Waals surface area contributed by atoms with E-state index in [9.17, 15) is 9.18 Å². The van der Waals surface area contributed by atoms with Gasteiger partial charge in [0.2, 0.25) is 0 Å². The van der Waals surface area contributed by atoms with Crippen molar-refractivity contribution in [3.8, 4) is 0 Å². The van der Waals surface area contributed by atoms with Crippen molar-refractivity contribution < 1.29 is 9.18 Å². The first-order chi connectivity index (χ1) is 10.7. The second kappa shape index (κ2) is 4.91. The van der Waals surface area contributed by atoms with Crippen molar-refractivity contribution in [3.63, 3.8) is 0 Å². The molecule has 2 aromatic heterocycles. The number of fused-ring (bicyclic) bond motifs is 3. The fourth-order valence-electron chi connectivity index (χ4n) is 3.00. The molecule has 0 saturated carbocycles. The SMILES string of the molecule is O=C1C(=Cc2cccnc2)CCc2[nH]c3ccc(F)cc3c21. The van der Waals surface area contributed by atoms with Crippen molar-refractivity contribution in [1.82, 2.24) is 9.97 Å². The van der Waals surface area contributed by atoms with Gasteiger partial charge < -0.3 is 4.98 Å². The summed E-state index contributed by atoms with van der Waals surface area (Å²) >= 11 is 0. The lowest BCUT2D eigenvalue weighted by atomic mass is 9.89. The number of benzene rings is 1. The first-order valence-corrected chi connectivity index (χ1v) is 7.18. The van der Waals surface area contributed by atoms with Crippen LogP contribution in [0, 0.1) is 5.82 Å². The highest BCUT2D eigenvalue weighted by Gasteiger charge is 2.26. The lowest BCUT2D eigenvalue weighted by molar-refractivity contribution is 0.102. The number of allylic oxidation sites excluding steroid dienone is 1. The largest absolute Gasteiger partial charge is 0.358 e. The van der Waals surface area contributed by atoms with E-state index in [4.69, 9.17) is 0 Å². The van der Waals surface area contributed by atoms with Gasteiger partial charge in [0.15, 0.2) is 5.78 Å². The third kappa shape index (κ3) is 2.04. The number of ketones is 1. The molecule has 0 spiro atoms. The minimum atomic E-state index is -0.328. The molecule has 2 heterocycles. The van der Waals surface area contributed by atoms with Gasteiger partial charge in [-0.2, -0.15) is 0 Å². The van der Waals surface area contributed by atoms with Gasteiger partial charge >= 0.3 is 0 Å². The van der Waals surface area contributed by atoms with Crippen molar-refractivity contribution >= 4 is 22.8 Å². The third-order valence-corrected chi connectivity index (χ3v) is 4.03. The Hall–Kier alpha value is -2.75. The van der Waals surface area contributed by atoms with Crippen LogP contribution in [0.1, 0.15) is 28.0 Å². The maximum absolute atomic E-state index is 13.5. The highest BCUT2D eigenvalue weighted by Crippen LogP contribution is 2.32. The summed E-state index contributed by atoms with van der Waals surface area (Å²) in [7, 11) is 0. The van der Waals surface area contributed by atoms with Gasteiger partial charge in [-0.1, -0.05) is 6.07 Å². The van der Waals surface area contributed by atoms with Crippen molar-refractivity contribution in [3.05, 3.63) is 70.9 Å². The summed E-state index contributed by atoms with van der Waals surface area (Å²) in [5.74, 6) is -0.354. The third-order valence-electron chi connectivity index (χ3n) is 4.03. The summed E-state index contributed by atoms with van der Waals surface area (Å²) in [6.07, 6.45) is 6.73. The van der Waals surface area contributed by atoms with E-state index in [1.807, 2.05) is 18.2 Å². The molecule has 0 amide bonds. The van der Waals surface area contributed by atoms with Gasteiger partial charge in [0.1, 0.15) is 5.82 Å². The molecular weight excluding hydrogens is 279 g/mol. The van der Waals surface area contributed by atoms with Crippen molar-refractivity contribution in [1.29, 1.82) is 0 Å². The highest BCUT2D eigenvalue weighted by atomic mass is 19.1. The number of aryl methyl sites for hydroxylation is 1. The maximum Gasteiger partial charge on any atom is 0.191 e. The number of halogens is 1. The zero-order valence-corrected chi connectivity index (χ0v) is 11.8. The Bertz CT molecular complexity index is 909. The molecule has 1 N–H and O–H groups in total. The Morgan fingerprint density at radius 1 is 1.23 bits per heavy atom. The van der Waals surface area contributed by atoms with Crippen LogP contribution in [-0.4, -0.2) is 15.8 Å². The number of aromatic amines is 1. The molecule has 1 aromatic carbocycles. The lowest BCUT2D eigenvalue weighted by Crippen LogP contribution is -2.13. The Morgan fingerprint density at radius 3 is 2.95 bits per heavy atom. The number of carbonyl (C=O) groups excluding carboxylic acids is 1. The summed E-state index contributed by atoms with van der Waals surface area (Å²) in [5, 5.41) is 0.664. The Labute approximate surface area is 126 Å². The molecule has 4 rings (SSSR count). The predicted octanol–water partition coefficient (Wildman–Crippen LogP) is 3.91. The van der Waals surface area contributed by atoms with Crippen LogP contribution >= 0.6 is 0 Å². The van der Waals surface area contributed by atoms with Crippen molar-refractivity contribution in [2.45, 2.75) is 12.8 Å². The number of aromatic nitrogens is 2. The summed E-state index contributed by atoms with van der Waals surface area (Å²) in [6, 6.07) is 8.27. The van der Waals surface area contributed by atoms with E-state index in [0.29, 0.717) is 17.4 Å². The number of nitrogens with one attached hydrogen (secondary N) is 1. The highest BCUT2D eigenvalue weighted by molar-refractivity contribution is 6.19. The van der Waals surface area contributed by atoms with Crippen molar-refractivity contribution in [2.24, 2.45) is 0 Å². The van der Waals surface area contributed by atoms with Crippen LogP contribution in [0.5, 0.6) is 0 Å².